The lowest BCUT2D eigenvalue weighted by molar-refractivity contribution is -0.122. The number of nitrogens with zero attached hydrogens (tertiary/aromatic N) is 1. The molecule has 0 saturated carbocycles. The maximum Gasteiger partial charge on any atom is 0.234 e. The Bertz CT molecular complexity index is 459. The SMILES string of the molecule is COc1ccccc1CNC(=O)CN1CCC(CF)CC1. The number of hydrogen-bond acceptors (Lipinski definition) is 3. The number of benzene rings is 1. The summed E-state index contributed by atoms with van der Waals surface area (Å²) in [6.07, 6.45) is 1.69. The molecule has 1 aliphatic heterocycles. The molecule has 2 rings (SSSR count). The first-order valence-corrected chi connectivity index (χ1v) is 7.40. The molecule has 1 heterocycles. The minimum absolute atomic E-state index is 0.000366. The highest BCUT2D eigenvalue weighted by molar-refractivity contribution is 5.78. The first kappa shape index (κ1) is 15.8. The van der Waals surface area contributed by atoms with Gasteiger partial charge in [-0.25, -0.2) is 0 Å². The van der Waals surface area contributed by atoms with Crippen molar-refractivity contribution in [1.82, 2.24) is 10.2 Å². The number of alkyl halides is 1. The molecule has 0 aliphatic carbocycles. The summed E-state index contributed by atoms with van der Waals surface area (Å²) in [5.41, 5.74) is 0.962. The molecule has 1 aliphatic rings. The van der Waals surface area contributed by atoms with Crippen LogP contribution in [0.3, 0.4) is 0 Å². The molecule has 0 unspecified atom stereocenters. The Hall–Kier alpha value is -1.62. The minimum Gasteiger partial charge on any atom is -0.496 e. The molecule has 1 aromatic carbocycles. The Kier molecular flexibility index (Phi) is 5.99. The monoisotopic (exact) mass is 294 g/mol. The van der Waals surface area contributed by atoms with Crippen molar-refractivity contribution < 1.29 is 13.9 Å². The summed E-state index contributed by atoms with van der Waals surface area (Å²) in [5, 5.41) is 2.91. The van der Waals surface area contributed by atoms with Crippen LogP contribution in [0.2, 0.25) is 0 Å². The smallest absolute Gasteiger partial charge is 0.234 e. The van der Waals surface area contributed by atoms with Crippen molar-refractivity contribution in [2.75, 3.05) is 33.4 Å². The quantitative estimate of drug-likeness (QED) is 0.872. The van der Waals surface area contributed by atoms with Gasteiger partial charge in [-0.15, -0.1) is 0 Å². The van der Waals surface area contributed by atoms with Gasteiger partial charge < -0.3 is 10.1 Å². The Morgan fingerprint density at radius 2 is 2.10 bits per heavy atom. The normalized spacial score (nSPS) is 16.7. The largest absolute Gasteiger partial charge is 0.496 e. The second-order valence-electron chi connectivity index (χ2n) is 5.46. The van der Waals surface area contributed by atoms with Gasteiger partial charge in [-0.1, -0.05) is 18.2 Å². The molecule has 0 radical (unpaired) electrons. The lowest BCUT2D eigenvalue weighted by Gasteiger charge is -2.30. The number of hydrogen-bond donors (Lipinski definition) is 1. The number of halogens is 1. The van der Waals surface area contributed by atoms with E-state index in [0.717, 1.165) is 37.2 Å². The Morgan fingerprint density at radius 3 is 2.76 bits per heavy atom. The van der Waals surface area contributed by atoms with E-state index in [2.05, 4.69) is 10.2 Å². The van der Waals surface area contributed by atoms with E-state index in [1.165, 1.54) is 0 Å². The van der Waals surface area contributed by atoms with Crippen LogP contribution in [0, 0.1) is 5.92 Å². The number of piperidine rings is 1. The van der Waals surface area contributed by atoms with Crippen molar-refractivity contribution in [3.05, 3.63) is 29.8 Å². The van der Waals surface area contributed by atoms with Crippen molar-refractivity contribution in [2.45, 2.75) is 19.4 Å². The third-order valence-electron chi connectivity index (χ3n) is 3.96. The third kappa shape index (κ3) is 4.70. The third-order valence-corrected chi connectivity index (χ3v) is 3.96. The molecule has 116 valence electrons. The zero-order valence-corrected chi connectivity index (χ0v) is 12.5. The molecule has 0 bridgehead atoms. The van der Waals surface area contributed by atoms with Crippen LogP contribution in [0.1, 0.15) is 18.4 Å². The van der Waals surface area contributed by atoms with E-state index in [4.69, 9.17) is 4.74 Å². The van der Waals surface area contributed by atoms with Crippen LogP contribution in [0.5, 0.6) is 5.75 Å². The van der Waals surface area contributed by atoms with Gasteiger partial charge in [0.2, 0.25) is 5.91 Å². The van der Waals surface area contributed by atoms with Gasteiger partial charge in [-0.2, -0.15) is 0 Å². The first-order valence-electron chi connectivity index (χ1n) is 7.40. The van der Waals surface area contributed by atoms with Gasteiger partial charge in [0, 0.05) is 12.1 Å². The number of para-hydroxylation sites is 1. The van der Waals surface area contributed by atoms with Crippen LogP contribution >= 0.6 is 0 Å². The van der Waals surface area contributed by atoms with E-state index in [-0.39, 0.29) is 18.5 Å². The summed E-state index contributed by atoms with van der Waals surface area (Å²) in [6.45, 7) is 2.21. The number of amides is 1. The van der Waals surface area contributed by atoms with Crippen molar-refractivity contribution in [2.24, 2.45) is 5.92 Å². The van der Waals surface area contributed by atoms with Gasteiger partial charge in [0.25, 0.3) is 0 Å². The summed E-state index contributed by atoms with van der Waals surface area (Å²) < 4.78 is 17.8. The van der Waals surface area contributed by atoms with Crippen molar-refractivity contribution in [3.8, 4) is 5.75 Å². The maximum absolute atomic E-state index is 12.5. The highest BCUT2D eigenvalue weighted by atomic mass is 19.1. The molecule has 0 spiro atoms. The molecule has 5 heteroatoms. The molecule has 1 fully saturated rings. The van der Waals surface area contributed by atoms with Crippen molar-refractivity contribution >= 4 is 5.91 Å². The van der Waals surface area contributed by atoms with Crippen LogP contribution in [-0.4, -0.2) is 44.2 Å². The highest BCUT2D eigenvalue weighted by Gasteiger charge is 2.20. The minimum atomic E-state index is -0.242. The predicted octanol–water partition coefficient (Wildman–Crippen LogP) is 1.99. The average Bonchev–Trinajstić information content (AvgIpc) is 2.54. The molecule has 4 nitrogen and oxygen atoms in total. The second-order valence-corrected chi connectivity index (χ2v) is 5.46. The molecular formula is C16H23FN2O2. The summed E-state index contributed by atoms with van der Waals surface area (Å²) in [7, 11) is 1.62. The summed E-state index contributed by atoms with van der Waals surface area (Å²) in [5.74, 6) is 0.957. The van der Waals surface area contributed by atoms with E-state index in [1.807, 2.05) is 24.3 Å². The van der Waals surface area contributed by atoms with Gasteiger partial charge >= 0.3 is 0 Å². The van der Waals surface area contributed by atoms with E-state index < -0.39 is 0 Å². The molecule has 1 aromatic rings. The van der Waals surface area contributed by atoms with E-state index in [9.17, 15) is 9.18 Å². The number of likely N-dealkylation sites (tertiary alicyclic amines) is 1. The second kappa shape index (κ2) is 7.98. The highest BCUT2D eigenvalue weighted by Crippen LogP contribution is 2.18. The molecule has 0 aromatic heterocycles. The lowest BCUT2D eigenvalue weighted by atomic mass is 9.98. The molecule has 21 heavy (non-hydrogen) atoms. The van der Waals surface area contributed by atoms with Crippen LogP contribution in [0.15, 0.2) is 24.3 Å². The molecule has 1 saturated heterocycles. The summed E-state index contributed by atoms with van der Waals surface area (Å²) >= 11 is 0. The lowest BCUT2D eigenvalue weighted by Crippen LogP contribution is -2.41. The number of ether oxygens (including phenoxy) is 1. The first-order chi connectivity index (χ1) is 10.2. The molecule has 1 amide bonds. The fraction of sp³-hybridized carbons (Fsp3) is 0.562. The maximum atomic E-state index is 12.5. The van der Waals surface area contributed by atoms with Crippen LogP contribution in [0.4, 0.5) is 4.39 Å². The Labute approximate surface area is 125 Å². The van der Waals surface area contributed by atoms with Gasteiger partial charge in [0.15, 0.2) is 0 Å². The topological polar surface area (TPSA) is 41.6 Å². The van der Waals surface area contributed by atoms with Crippen LogP contribution < -0.4 is 10.1 Å². The van der Waals surface area contributed by atoms with Gasteiger partial charge in [-0.3, -0.25) is 14.1 Å². The number of carbonyl (C=O) groups excluding carboxylic acids is 1. The zero-order chi connectivity index (χ0) is 15.1. The van der Waals surface area contributed by atoms with Crippen molar-refractivity contribution in [1.29, 1.82) is 0 Å². The molecular weight excluding hydrogens is 271 g/mol. The summed E-state index contributed by atoms with van der Waals surface area (Å²) in [4.78, 5) is 14.1. The predicted molar refractivity (Wildman–Crippen MR) is 80.0 cm³/mol. The molecule has 1 N–H and O–H groups in total. The van der Waals surface area contributed by atoms with Gasteiger partial charge in [0.05, 0.1) is 20.3 Å². The standard InChI is InChI=1S/C16H23FN2O2/c1-21-15-5-3-2-4-14(15)11-18-16(20)12-19-8-6-13(10-17)7-9-19/h2-5,13H,6-12H2,1H3,(H,18,20). The van der Waals surface area contributed by atoms with Crippen LogP contribution in [0.25, 0.3) is 0 Å². The summed E-state index contributed by atoms with van der Waals surface area (Å²) in [6, 6.07) is 7.64. The number of carbonyl (C=O) groups is 1. The fourth-order valence-corrected chi connectivity index (χ4v) is 2.60. The Balaban J connectivity index is 1.75. The number of methoxy groups -OCH3 is 1. The van der Waals surface area contributed by atoms with E-state index in [1.54, 1.807) is 7.11 Å². The molecule has 0 atom stereocenters. The van der Waals surface area contributed by atoms with Crippen molar-refractivity contribution in [3.63, 3.8) is 0 Å². The number of rotatable bonds is 6. The Morgan fingerprint density at radius 1 is 1.38 bits per heavy atom. The zero-order valence-electron chi connectivity index (χ0n) is 12.5. The van der Waals surface area contributed by atoms with Crippen LogP contribution in [-0.2, 0) is 11.3 Å². The van der Waals surface area contributed by atoms with E-state index >= 15 is 0 Å². The fourth-order valence-electron chi connectivity index (χ4n) is 2.60. The number of nitrogens with one attached hydrogen (secondary N) is 1. The van der Waals surface area contributed by atoms with Gasteiger partial charge in [0.1, 0.15) is 5.75 Å². The average molecular weight is 294 g/mol. The van der Waals surface area contributed by atoms with Gasteiger partial charge in [-0.05, 0) is 37.9 Å². The van der Waals surface area contributed by atoms with E-state index in [0.29, 0.717) is 13.1 Å².